The van der Waals surface area contributed by atoms with E-state index >= 15 is 0 Å². The summed E-state index contributed by atoms with van der Waals surface area (Å²) in [7, 11) is 0. The first kappa shape index (κ1) is 16.9. The van der Waals surface area contributed by atoms with Gasteiger partial charge in [-0.2, -0.15) is 0 Å². The van der Waals surface area contributed by atoms with Crippen LogP contribution in [0.3, 0.4) is 0 Å². The smallest absolute Gasteiger partial charge is 0.317 e. The van der Waals surface area contributed by atoms with E-state index in [4.69, 9.17) is 5.11 Å². The number of carbonyl (C=O) groups excluding carboxylic acids is 1. The number of benzene rings is 1. The monoisotopic (exact) mass is 331 g/mol. The Labute approximate surface area is 142 Å². The second-order valence-electron chi connectivity index (χ2n) is 7.05. The molecule has 6 heteroatoms. The topological polar surface area (TPSA) is 72.9 Å². The van der Waals surface area contributed by atoms with Crippen molar-refractivity contribution >= 4 is 17.6 Å². The van der Waals surface area contributed by atoms with E-state index in [1.807, 2.05) is 30.0 Å². The lowest BCUT2D eigenvalue weighted by atomic mass is 10.0. The van der Waals surface area contributed by atoms with Crippen LogP contribution in [0.15, 0.2) is 24.3 Å². The summed E-state index contributed by atoms with van der Waals surface area (Å²) in [5.74, 6) is -0.722. The van der Waals surface area contributed by atoms with Crippen molar-refractivity contribution in [1.82, 2.24) is 10.2 Å². The van der Waals surface area contributed by atoms with E-state index in [1.165, 1.54) is 5.56 Å². The standard InChI is InChI=1S/C18H25N3O3/c1-18(19-11-17(23)24)8-10-20(13-18)12-16(22)21-9-4-6-14-5-2-3-7-15(14)21/h2-3,5,7,19H,4,6,8-13H2,1H3,(H,23,24). The zero-order valence-corrected chi connectivity index (χ0v) is 14.1. The third-order valence-corrected chi connectivity index (χ3v) is 4.99. The number of carbonyl (C=O) groups is 2. The summed E-state index contributed by atoms with van der Waals surface area (Å²) in [5, 5.41) is 11.9. The van der Waals surface area contributed by atoms with Gasteiger partial charge in [0.2, 0.25) is 5.91 Å². The zero-order chi connectivity index (χ0) is 17.2. The highest BCUT2D eigenvalue weighted by Gasteiger charge is 2.35. The third-order valence-electron chi connectivity index (χ3n) is 4.99. The van der Waals surface area contributed by atoms with Gasteiger partial charge >= 0.3 is 5.97 Å². The molecule has 2 aliphatic heterocycles. The van der Waals surface area contributed by atoms with Crippen molar-refractivity contribution in [3.8, 4) is 0 Å². The van der Waals surface area contributed by atoms with E-state index in [1.54, 1.807) is 0 Å². The van der Waals surface area contributed by atoms with E-state index in [2.05, 4.69) is 16.3 Å². The number of carboxylic acid groups (broad SMARTS) is 1. The van der Waals surface area contributed by atoms with Gasteiger partial charge in [-0.1, -0.05) is 18.2 Å². The summed E-state index contributed by atoms with van der Waals surface area (Å²) in [4.78, 5) is 27.5. The fraction of sp³-hybridized carbons (Fsp3) is 0.556. The number of rotatable bonds is 5. The maximum Gasteiger partial charge on any atom is 0.317 e. The number of aryl methyl sites for hydroxylation is 1. The molecule has 2 aliphatic rings. The Balaban J connectivity index is 1.60. The molecule has 2 heterocycles. The van der Waals surface area contributed by atoms with Crippen LogP contribution in [-0.2, 0) is 16.0 Å². The lowest BCUT2D eigenvalue weighted by molar-refractivity contribution is -0.136. The molecule has 0 radical (unpaired) electrons. The first-order valence-corrected chi connectivity index (χ1v) is 8.54. The van der Waals surface area contributed by atoms with Crippen molar-refractivity contribution in [2.24, 2.45) is 0 Å². The number of amides is 1. The van der Waals surface area contributed by atoms with Gasteiger partial charge in [-0.3, -0.25) is 14.5 Å². The number of hydrogen-bond acceptors (Lipinski definition) is 4. The number of anilines is 1. The Morgan fingerprint density at radius 1 is 1.29 bits per heavy atom. The van der Waals surface area contributed by atoms with E-state index in [-0.39, 0.29) is 18.0 Å². The quantitative estimate of drug-likeness (QED) is 0.845. The Hall–Kier alpha value is -1.92. The molecule has 1 unspecified atom stereocenters. The SMILES string of the molecule is CC1(NCC(=O)O)CCN(CC(=O)N2CCCc3ccccc32)C1. The molecular weight excluding hydrogens is 306 g/mol. The summed E-state index contributed by atoms with van der Waals surface area (Å²) in [6.07, 6.45) is 2.88. The van der Waals surface area contributed by atoms with E-state index in [9.17, 15) is 9.59 Å². The van der Waals surface area contributed by atoms with Crippen molar-refractivity contribution in [1.29, 1.82) is 0 Å². The number of nitrogens with one attached hydrogen (secondary N) is 1. The second-order valence-corrected chi connectivity index (χ2v) is 7.05. The van der Waals surface area contributed by atoms with Gasteiger partial charge in [0.15, 0.2) is 0 Å². The van der Waals surface area contributed by atoms with E-state index in [0.717, 1.165) is 38.0 Å². The molecule has 3 rings (SSSR count). The maximum atomic E-state index is 12.8. The van der Waals surface area contributed by atoms with Gasteiger partial charge in [-0.05, 0) is 37.8 Å². The van der Waals surface area contributed by atoms with Gasteiger partial charge < -0.3 is 15.3 Å². The zero-order valence-electron chi connectivity index (χ0n) is 14.1. The molecule has 0 saturated carbocycles. The Bertz CT molecular complexity index is 634. The van der Waals surface area contributed by atoms with Gasteiger partial charge in [0.25, 0.3) is 0 Å². The van der Waals surface area contributed by atoms with Gasteiger partial charge in [0, 0.05) is 30.9 Å². The number of fused-ring (bicyclic) bond motifs is 1. The lowest BCUT2D eigenvalue weighted by Gasteiger charge is -2.31. The van der Waals surface area contributed by atoms with Crippen molar-refractivity contribution in [3.05, 3.63) is 29.8 Å². The molecule has 1 aromatic carbocycles. The summed E-state index contributed by atoms with van der Waals surface area (Å²) in [6.45, 7) is 4.65. The maximum absolute atomic E-state index is 12.8. The minimum atomic E-state index is -0.851. The molecule has 1 amide bonds. The van der Waals surface area contributed by atoms with Crippen LogP contribution in [-0.4, -0.2) is 60.1 Å². The molecule has 24 heavy (non-hydrogen) atoms. The highest BCUT2D eigenvalue weighted by molar-refractivity contribution is 5.96. The first-order chi connectivity index (χ1) is 11.5. The number of para-hydroxylation sites is 1. The highest BCUT2D eigenvalue weighted by Crippen LogP contribution is 2.27. The molecule has 0 spiro atoms. The Kier molecular flexibility index (Phi) is 4.87. The summed E-state index contributed by atoms with van der Waals surface area (Å²) >= 11 is 0. The molecule has 0 aromatic heterocycles. The molecule has 1 fully saturated rings. The predicted molar refractivity (Wildman–Crippen MR) is 92.2 cm³/mol. The number of carboxylic acids is 1. The second kappa shape index (κ2) is 6.91. The van der Waals surface area contributed by atoms with Crippen LogP contribution < -0.4 is 10.2 Å². The van der Waals surface area contributed by atoms with Crippen molar-refractivity contribution in [3.63, 3.8) is 0 Å². The Morgan fingerprint density at radius 2 is 2.08 bits per heavy atom. The summed E-state index contributed by atoms with van der Waals surface area (Å²) in [5.41, 5.74) is 2.05. The number of nitrogens with zero attached hydrogens (tertiary/aromatic N) is 2. The van der Waals surface area contributed by atoms with Crippen molar-refractivity contribution in [2.45, 2.75) is 31.7 Å². The van der Waals surface area contributed by atoms with Crippen LogP contribution in [0, 0.1) is 0 Å². The largest absolute Gasteiger partial charge is 0.480 e. The van der Waals surface area contributed by atoms with Crippen molar-refractivity contribution < 1.29 is 14.7 Å². The van der Waals surface area contributed by atoms with Crippen LogP contribution in [0.4, 0.5) is 5.69 Å². The highest BCUT2D eigenvalue weighted by atomic mass is 16.4. The average molecular weight is 331 g/mol. The summed E-state index contributed by atoms with van der Waals surface area (Å²) in [6, 6.07) is 8.12. The minimum Gasteiger partial charge on any atom is -0.480 e. The third kappa shape index (κ3) is 3.76. The predicted octanol–water partition coefficient (Wildman–Crippen LogP) is 1.10. The molecule has 130 valence electrons. The van der Waals surface area contributed by atoms with Crippen LogP contribution >= 0.6 is 0 Å². The van der Waals surface area contributed by atoms with Gasteiger partial charge in [-0.25, -0.2) is 0 Å². The van der Waals surface area contributed by atoms with Gasteiger partial charge in [-0.15, -0.1) is 0 Å². The Morgan fingerprint density at radius 3 is 2.88 bits per heavy atom. The first-order valence-electron chi connectivity index (χ1n) is 8.54. The van der Waals surface area contributed by atoms with Crippen LogP contribution in [0.5, 0.6) is 0 Å². The van der Waals surface area contributed by atoms with Crippen LogP contribution in [0.25, 0.3) is 0 Å². The minimum absolute atomic E-state index is 0.0439. The van der Waals surface area contributed by atoms with Crippen LogP contribution in [0.2, 0.25) is 0 Å². The normalized spacial score (nSPS) is 24.0. The summed E-state index contributed by atoms with van der Waals surface area (Å²) < 4.78 is 0. The van der Waals surface area contributed by atoms with E-state index in [0.29, 0.717) is 13.1 Å². The van der Waals surface area contributed by atoms with Crippen molar-refractivity contribution in [2.75, 3.05) is 37.6 Å². The molecule has 6 nitrogen and oxygen atoms in total. The van der Waals surface area contributed by atoms with E-state index < -0.39 is 5.97 Å². The fourth-order valence-electron chi connectivity index (χ4n) is 3.69. The average Bonchev–Trinajstić information content (AvgIpc) is 2.94. The molecule has 1 atom stereocenters. The number of likely N-dealkylation sites (tertiary alicyclic amines) is 1. The van der Waals surface area contributed by atoms with Crippen LogP contribution in [0.1, 0.15) is 25.3 Å². The van der Waals surface area contributed by atoms with Gasteiger partial charge in [0.05, 0.1) is 13.1 Å². The molecular formula is C18H25N3O3. The molecule has 2 N–H and O–H groups in total. The molecule has 1 saturated heterocycles. The fourth-order valence-corrected chi connectivity index (χ4v) is 3.69. The molecule has 0 bridgehead atoms. The lowest BCUT2D eigenvalue weighted by Crippen LogP contribution is -2.48. The molecule has 1 aromatic rings. The van der Waals surface area contributed by atoms with Gasteiger partial charge in [0.1, 0.15) is 0 Å². The number of aliphatic carboxylic acids is 1. The molecule has 0 aliphatic carbocycles. The number of hydrogen-bond donors (Lipinski definition) is 2.